The third kappa shape index (κ3) is 1.48. The van der Waals surface area contributed by atoms with Crippen molar-refractivity contribution in [2.45, 2.75) is 30.1 Å². The molecule has 74 valence electrons. The van der Waals surface area contributed by atoms with E-state index in [9.17, 15) is 4.79 Å². The molecule has 1 fully saturated rings. The van der Waals surface area contributed by atoms with Gasteiger partial charge in [-0.25, -0.2) is 0 Å². The average Bonchev–Trinajstić information content (AvgIpc) is 2.99. The van der Waals surface area contributed by atoms with E-state index in [1.165, 1.54) is 10.5 Å². The van der Waals surface area contributed by atoms with Crippen LogP contribution in [-0.4, -0.2) is 12.0 Å². The molecule has 1 nitrogen and oxygen atoms in total. The van der Waals surface area contributed by atoms with Gasteiger partial charge in [0, 0.05) is 4.90 Å². The second-order valence-corrected chi connectivity index (χ2v) is 4.75. The first-order valence-corrected chi connectivity index (χ1v) is 6.07. The first kappa shape index (κ1) is 9.78. The fourth-order valence-corrected chi connectivity index (χ4v) is 2.29. The van der Waals surface area contributed by atoms with Gasteiger partial charge < -0.3 is 0 Å². The molecule has 0 bridgehead atoms. The molecule has 0 saturated heterocycles. The summed E-state index contributed by atoms with van der Waals surface area (Å²) >= 11 is 1.73. The van der Waals surface area contributed by atoms with Crippen molar-refractivity contribution in [2.75, 3.05) is 6.26 Å². The van der Waals surface area contributed by atoms with Crippen LogP contribution < -0.4 is 0 Å². The Bertz CT molecular complexity index is 349. The minimum atomic E-state index is -0.114. The van der Waals surface area contributed by atoms with Gasteiger partial charge in [-0.1, -0.05) is 12.1 Å². The van der Waals surface area contributed by atoms with Crippen LogP contribution in [0.3, 0.4) is 0 Å². The average molecular weight is 206 g/mol. The smallest absolute Gasteiger partial charge is 0.140 e. The third-order valence-corrected chi connectivity index (χ3v) is 3.81. The zero-order chi connectivity index (χ0) is 10.2. The molecule has 0 aliphatic heterocycles. The largest absolute Gasteiger partial charge is 0.299 e. The Labute approximate surface area is 88.9 Å². The van der Waals surface area contributed by atoms with E-state index < -0.39 is 0 Å². The molecule has 0 amide bonds. The SMILES string of the molecule is CSc1ccc(C2(C(C)=O)CC2)cc1. The number of hydrogen-bond acceptors (Lipinski definition) is 2. The van der Waals surface area contributed by atoms with Gasteiger partial charge in [0.15, 0.2) is 0 Å². The van der Waals surface area contributed by atoms with Gasteiger partial charge in [0.2, 0.25) is 0 Å². The summed E-state index contributed by atoms with van der Waals surface area (Å²) in [7, 11) is 0. The molecule has 0 unspecified atom stereocenters. The van der Waals surface area contributed by atoms with Gasteiger partial charge in [-0.3, -0.25) is 4.79 Å². The maximum absolute atomic E-state index is 11.5. The van der Waals surface area contributed by atoms with Crippen LogP contribution in [0.15, 0.2) is 29.2 Å². The fourth-order valence-electron chi connectivity index (χ4n) is 1.88. The first-order valence-electron chi connectivity index (χ1n) is 4.84. The van der Waals surface area contributed by atoms with E-state index >= 15 is 0 Å². The van der Waals surface area contributed by atoms with Crippen LogP contribution in [0.25, 0.3) is 0 Å². The van der Waals surface area contributed by atoms with Gasteiger partial charge in [0.1, 0.15) is 5.78 Å². The van der Waals surface area contributed by atoms with Crippen molar-refractivity contribution < 1.29 is 4.79 Å². The summed E-state index contributed by atoms with van der Waals surface area (Å²) in [5.74, 6) is 0.314. The summed E-state index contributed by atoms with van der Waals surface area (Å²) in [5, 5.41) is 0. The van der Waals surface area contributed by atoms with E-state index in [0.717, 1.165) is 12.8 Å². The molecule has 0 aromatic heterocycles. The number of rotatable bonds is 3. The van der Waals surface area contributed by atoms with Crippen molar-refractivity contribution in [1.29, 1.82) is 0 Å². The zero-order valence-corrected chi connectivity index (χ0v) is 9.36. The normalized spacial score (nSPS) is 17.9. The Morgan fingerprint density at radius 2 is 1.86 bits per heavy atom. The molecular weight excluding hydrogens is 192 g/mol. The standard InChI is InChI=1S/C12H14OS/c1-9(13)12(7-8-12)10-3-5-11(14-2)6-4-10/h3-6H,7-8H2,1-2H3. The molecular formula is C12H14OS. The van der Waals surface area contributed by atoms with Crippen LogP contribution in [0.1, 0.15) is 25.3 Å². The molecule has 1 aromatic carbocycles. The monoisotopic (exact) mass is 206 g/mol. The Morgan fingerprint density at radius 3 is 2.21 bits per heavy atom. The first-order chi connectivity index (χ1) is 6.69. The maximum atomic E-state index is 11.5. The highest BCUT2D eigenvalue weighted by Gasteiger charge is 2.48. The zero-order valence-electron chi connectivity index (χ0n) is 8.54. The van der Waals surface area contributed by atoms with Gasteiger partial charge in [-0.15, -0.1) is 11.8 Å². The van der Waals surface area contributed by atoms with E-state index in [0.29, 0.717) is 5.78 Å². The van der Waals surface area contributed by atoms with Gasteiger partial charge in [-0.2, -0.15) is 0 Å². The summed E-state index contributed by atoms with van der Waals surface area (Å²) in [5.41, 5.74) is 1.08. The molecule has 0 N–H and O–H groups in total. The Kier molecular flexibility index (Phi) is 2.40. The second-order valence-electron chi connectivity index (χ2n) is 3.87. The molecule has 1 aliphatic rings. The molecule has 2 heteroatoms. The quantitative estimate of drug-likeness (QED) is 0.707. The summed E-state index contributed by atoms with van der Waals surface area (Å²) < 4.78 is 0. The lowest BCUT2D eigenvalue weighted by atomic mass is 9.92. The predicted octanol–water partition coefficient (Wildman–Crippen LogP) is 3.03. The maximum Gasteiger partial charge on any atom is 0.140 e. The lowest BCUT2D eigenvalue weighted by Crippen LogP contribution is -2.16. The highest BCUT2D eigenvalue weighted by molar-refractivity contribution is 7.98. The molecule has 14 heavy (non-hydrogen) atoms. The van der Waals surface area contributed by atoms with Crippen LogP contribution in [0.4, 0.5) is 0 Å². The molecule has 0 spiro atoms. The lowest BCUT2D eigenvalue weighted by Gasteiger charge is -2.11. The van der Waals surface area contributed by atoms with Gasteiger partial charge in [0.05, 0.1) is 5.41 Å². The number of thioether (sulfide) groups is 1. The molecule has 0 atom stereocenters. The van der Waals surface area contributed by atoms with Crippen molar-refractivity contribution in [3.8, 4) is 0 Å². The highest BCUT2D eigenvalue weighted by atomic mass is 32.2. The van der Waals surface area contributed by atoms with E-state index in [4.69, 9.17) is 0 Å². The molecule has 0 radical (unpaired) electrons. The lowest BCUT2D eigenvalue weighted by molar-refractivity contribution is -0.119. The minimum Gasteiger partial charge on any atom is -0.299 e. The second kappa shape index (κ2) is 3.43. The molecule has 2 rings (SSSR count). The van der Waals surface area contributed by atoms with Crippen molar-refractivity contribution >= 4 is 17.5 Å². The third-order valence-electron chi connectivity index (χ3n) is 3.07. The minimum absolute atomic E-state index is 0.114. The Balaban J connectivity index is 2.29. The van der Waals surface area contributed by atoms with E-state index in [2.05, 4.69) is 30.5 Å². The molecule has 1 saturated carbocycles. The number of benzene rings is 1. The van der Waals surface area contributed by atoms with Gasteiger partial charge in [-0.05, 0) is 43.7 Å². The van der Waals surface area contributed by atoms with Gasteiger partial charge in [0.25, 0.3) is 0 Å². The van der Waals surface area contributed by atoms with Gasteiger partial charge >= 0.3 is 0 Å². The summed E-state index contributed by atoms with van der Waals surface area (Å²) in [6.45, 7) is 1.70. The fraction of sp³-hybridized carbons (Fsp3) is 0.417. The number of Topliss-reactive ketones (excluding diaryl/α,β-unsaturated/α-hetero) is 1. The van der Waals surface area contributed by atoms with Crippen molar-refractivity contribution in [1.82, 2.24) is 0 Å². The van der Waals surface area contributed by atoms with Crippen molar-refractivity contribution in [3.63, 3.8) is 0 Å². The molecule has 1 aliphatic carbocycles. The predicted molar refractivity (Wildman–Crippen MR) is 59.8 cm³/mol. The summed E-state index contributed by atoms with van der Waals surface area (Å²) in [6, 6.07) is 8.40. The number of ketones is 1. The van der Waals surface area contributed by atoms with E-state index in [-0.39, 0.29) is 5.41 Å². The Morgan fingerprint density at radius 1 is 1.29 bits per heavy atom. The van der Waals surface area contributed by atoms with Crippen LogP contribution in [0.5, 0.6) is 0 Å². The van der Waals surface area contributed by atoms with Crippen LogP contribution in [-0.2, 0) is 10.2 Å². The number of hydrogen-bond donors (Lipinski definition) is 0. The van der Waals surface area contributed by atoms with Crippen molar-refractivity contribution in [2.24, 2.45) is 0 Å². The topological polar surface area (TPSA) is 17.1 Å². The number of carbonyl (C=O) groups excluding carboxylic acids is 1. The van der Waals surface area contributed by atoms with Crippen LogP contribution in [0.2, 0.25) is 0 Å². The molecule has 0 heterocycles. The summed E-state index contributed by atoms with van der Waals surface area (Å²) in [6.07, 6.45) is 4.12. The Hall–Kier alpha value is -0.760. The van der Waals surface area contributed by atoms with Crippen LogP contribution >= 0.6 is 11.8 Å². The van der Waals surface area contributed by atoms with E-state index in [1.807, 2.05) is 0 Å². The molecule has 1 aromatic rings. The van der Waals surface area contributed by atoms with E-state index in [1.54, 1.807) is 18.7 Å². The van der Waals surface area contributed by atoms with Crippen LogP contribution in [0, 0.1) is 0 Å². The van der Waals surface area contributed by atoms with Crippen molar-refractivity contribution in [3.05, 3.63) is 29.8 Å². The summed E-state index contributed by atoms with van der Waals surface area (Å²) in [4.78, 5) is 12.7. The highest BCUT2D eigenvalue weighted by Crippen LogP contribution is 2.49. The number of carbonyl (C=O) groups is 1.